The standard InChI is InChI=1S/C12H14N2O2/c1-2-3-4-5-9-13-11-8-6-7-10(14-11)12(15)16/h1,6-8H,3-5,9H2,(H,13,14)(H,15,16). The third-order valence-electron chi connectivity index (χ3n) is 2.02. The number of aromatic carboxylic acids is 1. The molecule has 1 heterocycles. The van der Waals surface area contributed by atoms with Crippen LogP contribution in [0.25, 0.3) is 0 Å². The monoisotopic (exact) mass is 218 g/mol. The van der Waals surface area contributed by atoms with E-state index in [1.54, 1.807) is 12.1 Å². The molecular weight excluding hydrogens is 204 g/mol. The molecular formula is C12H14N2O2. The number of hydrogen-bond acceptors (Lipinski definition) is 3. The number of carboxylic acid groups (broad SMARTS) is 1. The summed E-state index contributed by atoms with van der Waals surface area (Å²) in [6.07, 6.45) is 7.80. The minimum atomic E-state index is -1.02. The normalized spacial score (nSPS) is 9.44. The van der Waals surface area contributed by atoms with Gasteiger partial charge in [-0.15, -0.1) is 12.3 Å². The van der Waals surface area contributed by atoms with Gasteiger partial charge in [-0.2, -0.15) is 0 Å². The average molecular weight is 218 g/mol. The number of anilines is 1. The predicted octanol–water partition coefficient (Wildman–Crippen LogP) is 2.00. The number of hydrogen-bond donors (Lipinski definition) is 2. The van der Waals surface area contributed by atoms with Gasteiger partial charge in [-0.25, -0.2) is 9.78 Å². The Kier molecular flexibility index (Phi) is 4.87. The van der Waals surface area contributed by atoms with Crippen LogP contribution in [0.5, 0.6) is 0 Å². The van der Waals surface area contributed by atoms with Crippen LogP contribution in [0.2, 0.25) is 0 Å². The molecule has 0 saturated carbocycles. The highest BCUT2D eigenvalue weighted by Crippen LogP contribution is 2.05. The largest absolute Gasteiger partial charge is 0.477 e. The first-order chi connectivity index (χ1) is 7.74. The maximum absolute atomic E-state index is 10.7. The molecule has 1 rings (SSSR count). The van der Waals surface area contributed by atoms with E-state index in [0.29, 0.717) is 5.82 Å². The molecule has 4 heteroatoms. The highest BCUT2D eigenvalue weighted by atomic mass is 16.4. The lowest BCUT2D eigenvalue weighted by molar-refractivity contribution is 0.0690. The molecule has 0 aliphatic rings. The molecule has 4 nitrogen and oxygen atoms in total. The second-order valence-electron chi connectivity index (χ2n) is 3.30. The number of nitrogens with zero attached hydrogens (tertiary/aromatic N) is 1. The highest BCUT2D eigenvalue weighted by Gasteiger charge is 2.03. The summed E-state index contributed by atoms with van der Waals surface area (Å²) < 4.78 is 0. The molecule has 0 amide bonds. The molecule has 0 fully saturated rings. The summed E-state index contributed by atoms with van der Waals surface area (Å²) >= 11 is 0. The molecule has 0 bridgehead atoms. The summed E-state index contributed by atoms with van der Waals surface area (Å²) in [5.74, 6) is 2.14. The zero-order valence-electron chi connectivity index (χ0n) is 8.94. The Morgan fingerprint density at radius 3 is 3.00 bits per heavy atom. The van der Waals surface area contributed by atoms with Gasteiger partial charge in [0.15, 0.2) is 5.69 Å². The molecule has 0 radical (unpaired) electrons. The topological polar surface area (TPSA) is 62.2 Å². The molecule has 0 spiro atoms. The van der Waals surface area contributed by atoms with Gasteiger partial charge in [0.1, 0.15) is 5.82 Å². The van der Waals surface area contributed by atoms with Gasteiger partial charge in [0.25, 0.3) is 0 Å². The van der Waals surface area contributed by atoms with Crippen LogP contribution in [0.4, 0.5) is 5.82 Å². The number of terminal acetylenes is 1. The van der Waals surface area contributed by atoms with Crippen LogP contribution >= 0.6 is 0 Å². The summed E-state index contributed by atoms with van der Waals surface area (Å²) in [4.78, 5) is 14.6. The number of pyridine rings is 1. The Hall–Kier alpha value is -2.02. The fraction of sp³-hybridized carbons (Fsp3) is 0.333. The summed E-state index contributed by atoms with van der Waals surface area (Å²) in [6, 6.07) is 4.87. The molecule has 0 aliphatic carbocycles. The van der Waals surface area contributed by atoms with Crippen molar-refractivity contribution in [2.24, 2.45) is 0 Å². The van der Waals surface area contributed by atoms with Crippen LogP contribution in [-0.2, 0) is 0 Å². The summed E-state index contributed by atoms with van der Waals surface area (Å²) in [6.45, 7) is 0.748. The van der Waals surface area contributed by atoms with Crippen molar-refractivity contribution in [1.82, 2.24) is 4.98 Å². The van der Waals surface area contributed by atoms with Crippen LogP contribution < -0.4 is 5.32 Å². The highest BCUT2D eigenvalue weighted by molar-refractivity contribution is 5.85. The zero-order chi connectivity index (χ0) is 11.8. The molecule has 0 unspecified atom stereocenters. The van der Waals surface area contributed by atoms with E-state index < -0.39 is 5.97 Å². The Morgan fingerprint density at radius 1 is 1.50 bits per heavy atom. The van der Waals surface area contributed by atoms with Gasteiger partial charge in [-0.1, -0.05) is 6.07 Å². The lowest BCUT2D eigenvalue weighted by Crippen LogP contribution is -2.06. The summed E-state index contributed by atoms with van der Waals surface area (Å²) in [5.41, 5.74) is 0.0497. The van der Waals surface area contributed by atoms with E-state index in [-0.39, 0.29) is 5.69 Å². The number of carboxylic acids is 1. The van der Waals surface area contributed by atoms with Crippen molar-refractivity contribution in [2.45, 2.75) is 19.3 Å². The Balaban J connectivity index is 2.39. The summed E-state index contributed by atoms with van der Waals surface area (Å²) in [7, 11) is 0. The molecule has 1 aromatic heterocycles. The minimum absolute atomic E-state index is 0.0497. The fourth-order valence-electron chi connectivity index (χ4n) is 1.22. The van der Waals surface area contributed by atoms with Crippen molar-refractivity contribution in [3.63, 3.8) is 0 Å². The van der Waals surface area contributed by atoms with E-state index in [2.05, 4.69) is 16.2 Å². The van der Waals surface area contributed by atoms with E-state index in [0.717, 1.165) is 25.8 Å². The van der Waals surface area contributed by atoms with Crippen molar-refractivity contribution in [3.05, 3.63) is 23.9 Å². The number of nitrogens with one attached hydrogen (secondary N) is 1. The second-order valence-corrected chi connectivity index (χ2v) is 3.30. The second kappa shape index (κ2) is 6.46. The van der Waals surface area contributed by atoms with Crippen LogP contribution in [0.15, 0.2) is 18.2 Å². The van der Waals surface area contributed by atoms with Gasteiger partial charge in [-0.05, 0) is 25.0 Å². The molecule has 16 heavy (non-hydrogen) atoms. The van der Waals surface area contributed by atoms with E-state index in [1.165, 1.54) is 6.07 Å². The molecule has 0 saturated heterocycles. The Bertz CT molecular complexity index is 396. The van der Waals surface area contributed by atoms with Crippen molar-refractivity contribution < 1.29 is 9.90 Å². The van der Waals surface area contributed by atoms with Crippen molar-refractivity contribution in [3.8, 4) is 12.3 Å². The molecule has 0 atom stereocenters. The Labute approximate surface area is 94.7 Å². The first kappa shape index (κ1) is 12.1. The lowest BCUT2D eigenvalue weighted by Gasteiger charge is -2.04. The van der Waals surface area contributed by atoms with Gasteiger partial charge in [-0.3, -0.25) is 0 Å². The third-order valence-corrected chi connectivity index (χ3v) is 2.02. The molecule has 84 valence electrons. The van der Waals surface area contributed by atoms with E-state index in [1.807, 2.05) is 0 Å². The SMILES string of the molecule is C#CCCCCNc1cccc(C(=O)O)n1. The van der Waals surface area contributed by atoms with Gasteiger partial charge in [0.05, 0.1) is 0 Å². The third kappa shape index (κ3) is 4.01. The van der Waals surface area contributed by atoms with Gasteiger partial charge < -0.3 is 10.4 Å². The number of rotatable bonds is 6. The zero-order valence-corrected chi connectivity index (χ0v) is 8.94. The van der Waals surface area contributed by atoms with Crippen LogP contribution in [0.1, 0.15) is 29.8 Å². The minimum Gasteiger partial charge on any atom is -0.477 e. The van der Waals surface area contributed by atoms with Crippen LogP contribution in [0, 0.1) is 12.3 Å². The smallest absolute Gasteiger partial charge is 0.354 e. The molecule has 2 N–H and O–H groups in total. The Morgan fingerprint density at radius 2 is 2.31 bits per heavy atom. The fourth-order valence-corrected chi connectivity index (χ4v) is 1.22. The lowest BCUT2D eigenvalue weighted by atomic mass is 10.2. The van der Waals surface area contributed by atoms with Gasteiger partial charge in [0, 0.05) is 13.0 Å². The summed E-state index contributed by atoms with van der Waals surface area (Å²) in [5, 5.41) is 11.8. The van der Waals surface area contributed by atoms with Crippen molar-refractivity contribution >= 4 is 11.8 Å². The molecule has 0 aromatic carbocycles. The quantitative estimate of drug-likeness (QED) is 0.566. The predicted molar refractivity (Wildman–Crippen MR) is 62.4 cm³/mol. The number of unbranched alkanes of at least 4 members (excludes halogenated alkanes) is 2. The average Bonchev–Trinajstić information content (AvgIpc) is 2.29. The van der Waals surface area contributed by atoms with E-state index in [4.69, 9.17) is 11.5 Å². The van der Waals surface area contributed by atoms with E-state index in [9.17, 15) is 4.79 Å². The maximum Gasteiger partial charge on any atom is 0.354 e. The number of aromatic nitrogens is 1. The first-order valence-corrected chi connectivity index (χ1v) is 5.11. The number of carbonyl (C=O) groups is 1. The van der Waals surface area contributed by atoms with Gasteiger partial charge in [0.2, 0.25) is 0 Å². The molecule has 0 aliphatic heterocycles. The van der Waals surface area contributed by atoms with Crippen LogP contribution in [-0.4, -0.2) is 22.6 Å². The van der Waals surface area contributed by atoms with Crippen molar-refractivity contribution in [1.29, 1.82) is 0 Å². The maximum atomic E-state index is 10.7. The van der Waals surface area contributed by atoms with Crippen molar-refractivity contribution in [2.75, 3.05) is 11.9 Å². The van der Waals surface area contributed by atoms with E-state index >= 15 is 0 Å². The van der Waals surface area contributed by atoms with Crippen LogP contribution in [0.3, 0.4) is 0 Å². The molecule has 1 aromatic rings. The first-order valence-electron chi connectivity index (χ1n) is 5.11. The van der Waals surface area contributed by atoms with Gasteiger partial charge >= 0.3 is 5.97 Å².